The van der Waals surface area contributed by atoms with Gasteiger partial charge in [0.2, 0.25) is 0 Å². The second-order valence-electron chi connectivity index (χ2n) is 7.62. The standard InChI is InChI=1S/C16H32N2O2/c1-7-18(14(19)20-15(2,3)4)11-10-17-13-8-9-16(5,6)12-13/h13,17H,7-12H2,1-6H3. The van der Waals surface area contributed by atoms with Gasteiger partial charge >= 0.3 is 6.09 Å². The number of rotatable bonds is 5. The molecule has 0 spiro atoms. The van der Waals surface area contributed by atoms with Gasteiger partial charge in [-0.05, 0) is 52.4 Å². The van der Waals surface area contributed by atoms with Gasteiger partial charge in [-0.1, -0.05) is 13.8 Å². The van der Waals surface area contributed by atoms with Gasteiger partial charge in [-0.2, -0.15) is 0 Å². The predicted molar refractivity (Wildman–Crippen MR) is 82.9 cm³/mol. The van der Waals surface area contributed by atoms with E-state index in [0.717, 1.165) is 6.54 Å². The summed E-state index contributed by atoms with van der Waals surface area (Å²) >= 11 is 0. The summed E-state index contributed by atoms with van der Waals surface area (Å²) < 4.78 is 5.41. The fraction of sp³-hybridized carbons (Fsp3) is 0.938. The second-order valence-corrected chi connectivity index (χ2v) is 7.62. The van der Waals surface area contributed by atoms with E-state index in [1.54, 1.807) is 4.90 Å². The highest BCUT2D eigenvalue weighted by molar-refractivity contribution is 5.68. The van der Waals surface area contributed by atoms with Crippen LogP contribution < -0.4 is 5.32 Å². The van der Waals surface area contributed by atoms with Crippen molar-refractivity contribution in [2.75, 3.05) is 19.6 Å². The lowest BCUT2D eigenvalue weighted by Crippen LogP contribution is -2.42. The lowest BCUT2D eigenvalue weighted by atomic mass is 9.92. The average molecular weight is 284 g/mol. The Bertz CT molecular complexity index is 321. The Morgan fingerprint density at radius 3 is 2.50 bits per heavy atom. The van der Waals surface area contributed by atoms with Crippen molar-refractivity contribution in [1.29, 1.82) is 0 Å². The van der Waals surface area contributed by atoms with Gasteiger partial charge in [0.15, 0.2) is 0 Å². The van der Waals surface area contributed by atoms with Gasteiger partial charge in [-0.3, -0.25) is 0 Å². The molecule has 0 aromatic heterocycles. The highest BCUT2D eigenvalue weighted by Gasteiger charge is 2.30. The van der Waals surface area contributed by atoms with E-state index >= 15 is 0 Å². The van der Waals surface area contributed by atoms with Crippen molar-refractivity contribution in [2.45, 2.75) is 72.4 Å². The molecule has 1 aliphatic rings. The van der Waals surface area contributed by atoms with Crippen LogP contribution in [0.5, 0.6) is 0 Å². The summed E-state index contributed by atoms with van der Waals surface area (Å²) in [4.78, 5) is 13.8. The summed E-state index contributed by atoms with van der Waals surface area (Å²) in [5.74, 6) is 0. The molecule has 1 atom stereocenters. The molecule has 1 saturated carbocycles. The van der Waals surface area contributed by atoms with Gasteiger partial charge in [-0.15, -0.1) is 0 Å². The van der Waals surface area contributed by atoms with E-state index in [2.05, 4.69) is 19.2 Å². The Kier molecular flexibility index (Phi) is 5.87. The molecular weight excluding hydrogens is 252 g/mol. The minimum atomic E-state index is -0.423. The molecule has 0 aliphatic heterocycles. The van der Waals surface area contributed by atoms with E-state index in [1.165, 1.54) is 19.3 Å². The Labute approximate surface area is 124 Å². The molecule has 0 aromatic carbocycles. The number of amides is 1. The normalized spacial score (nSPS) is 21.8. The Hall–Kier alpha value is -0.770. The number of hydrogen-bond acceptors (Lipinski definition) is 3. The molecule has 1 N–H and O–H groups in total. The van der Waals surface area contributed by atoms with Gasteiger partial charge in [0, 0.05) is 25.7 Å². The fourth-order valence-electron chi connectivity index (χ4n) is 2.72. The van der Waals surface area contributed by atoms with Crippen LogP contribution in [0.4, 0.5) is 4.79 Å². The second kappa shape index (κ2) is 6.79. The Balaban J connectivity index is 2.30. The molecule has 0 aromatic rings. The number of hydrogen-bond donors (Lipinski definition) is 1. The van der Waals surface area contributed by atoms with Crippen LogP contribution in [0.2, 0.25) is 0 Å². The zero-order valence-corrected chi connectivity index (χ0v) is 14.1. The molecule has 0 bridgehead atoms. The van der Waals surface area contributed by atoms with Crippen molar-refractivity contribution in [2.24, 2.45) is 5.41 Å². The highest BCUT2D eigenvalue weighted by atomic mass is 16.6. The van der Waals surface area contributed by atoms with Gasteiger partial charge in [0.1, 0.15) is 5.60 Å². The van der Waals surface area contributed by atoms with Crippen molar-refractivity contribution < 1.29 is 9.53 Å². The van der Waals surface area contributed by atoms with E-state index in [0.29, 0.717) is 24.5 Å². The maximum absolute atomic E-state index is 12.0. The quantitative estimate of drug-likeness (QED) is 0.841. The molecule has 20 heavy (non-hydrogen) atoms. The van der Waals surface area contributed by atoms with Crippen molar-refractivity contribution in [1.82, 2.24) is 10.2 Å². The topological polar surface area (TPSA) is 41.6 Å². The number of nitrogens with zero attached hydrogens (tertiary/aromatic N) is 1. The Morgan fingerprint density at radius 2 is 2.05 bits per heavy atom. The lowest BCUT2D eigenvalue weighted by molar-refractivity contribution is 0.0261. The highest BCUT2D eigenvalue weighted by Crippen LogP contribution is 2.36. The van der Waals surface area contributed by atoms with Gasteiger partial charge in [0.05, 0.1) is 0 Å². The molecule has 4 nitrogen and oxygen atoms in total. The van der Waals surface area contributed by atoms with Crippen LogP contribution in [0, 0.1) is 5.41 Å². The minimum absolute atomic E-state index is 0.214. The van der Waals surface area contributed by atoms with Crippen molar-refractivity contribution in [3.05, 3.63) is 0 Å². The molecular formula is C16H32N2O2. The fourth-order valence-corrected chi connectivity index (χ4v) is 2.72. The summed E-state index contributed by atoms with van der Waals surface area (Å²) in [7, 11) is 0. The maximum atomic E-state index is 12.0. The zero-order chi connectivity index (χ0) is 15.4. The van der Waals surface area contributed by atoms with E-state index in [4.69, 9.17) is 4.74 Å². The third kappa shape index (κ3) is 6.12. The van der Waals surface area contributed by atoms with Crippen molar-refractivity contribution in [3.8, 4) is 0 Å². The molecule has 1 amide bonds. The predicted octanol–water partition coefficient (Wildman–Crippen LogP) is 3.41. The molecule has 118 valence electrons. The van der Waals surface area contributed by atoms with E-state index < -0.39 is 5.60 Å². The molecule has 0 heterocycles. The summed E-state index contributed by atoms with van der Waals surface area (Å²) in [5, 5.41) is 3.57. The first-order valence-corrected chi connectivity index (χ1v) is 7.84. The monoisotopic (exact) mass is 284 g/mol. The van der Waals surface area contributed by atoms with Crippen LogP contribution in [0.3, 0.4) is 0 Å². The van der Waals surface area contributed by atoms with Crippen LogP contribution in [0.15, 0.2) is 0 Å². The number of nitrogens with one attached hydrogen (secondary N) is 1. The number of carbonyl (C=O) groups excluding carboxylic acids is 1. The molecule has 1 fully saturated rings. The van der Waals surface area contributed by atoms with Crippen molar-refractivity contribution in [3.63, 3.8) is 0 Å². The first-order valence-electron chi connectivity index (χ1n) is 7.84. The van der Waals surface area contributed by atoms with Crippen LogP contribution in [-0.4, -0.2) is 42.3 Å². The average Bonchev–Trinajstić information content (AvgIpc) is 2.62. The Morgan fingerprint density at radius 1 is 1.40 bits per heavy atom. The van der Waals surface area contributed by atoms with Crippen LogP contribution in [0.25, 0.3) is 0 Å². The largest absolute Gasteiger partial charge is 0.444 e. The first kappa shape index (κ1) is 17.3. The molecule has 0 saturated heterocycles. The van der Waals surface area contributed by atoms with Gasteiger partial charge in [-0.25, -0.2) is 4.79 Å². The smallest absolute Gasteiger partial charge is 0.410 e. The molecule has 1 rings (SSSR count). The summed E-state index contributed by atoms with van der Waals surface area (Å²) in [5.41, 5.74) is 0.0423. The van der Waals surface area contributed by atoms with Crippen LogP contribution in [0.1, 0.15) is 60.8 Å². The molecule has 4 heteroatoms. The third-order valence-electron chi connectivity index (χ3n) is 3.82. The minimum Gasteiger partial charge on any atom is -0.444 e. The summed E-state index contributed by atoms with van der Waals surface area (Å²) in [6.45, 7) is 14.6. The van der Waals surface area contributed by atoms with Gasteiger partial charge < -0.3 is 15.0 Å². The third-order valence-corrected chi connectivity index (χ3v) is 3.82. The SMILES string of the molecule is CCN(CCNC1CCC(C)(C)C1)C(=O)OC(C)(C)C. The van der Waals surface area contributed by atoms with Crippen molar-refractivity contribution >= 4 is 6.09 Å². The molecule has 1 aliphatic carbocycles. The number of ether oxygens (including phenoxy) is 1. The van der Waals surface area contributed by atoms with Crippen LogP contribution in [-0.2, 0) is 4.74 Å². The lowest BCUT2D eigenvalue weighted by Gasteiger charge is -2.27. The van der Waals surface area contributed by atoms with E-state index in [-0.39, 0.29) is 6.09 Å². The maximum Gasteiger partial charge on any atom is 0.410 e. The first-order chi connectivity index (χ1) is 9.13. The van der Waals surface area contributed by atoms with Gasteiger partial charge in [0.25, 0.3) is 0 Å². The number of likely N-dealkylation sites (N-methyl/N-ethyl adjacent to an activating group) is 1. The van der Waals surface area contributed by atoms with Crippen LogP contribution >= 0.6 is 0 Å². The van der Waals surface area contributed by atoms with E-state index in [1.807, 2.05) is 27.7 Å². The zero-order valence-electron chi connectivity index (χ0n) is 14.1. The molecule has 0 radical (unpaired) electrons. The van der Waals surface area contributed by atoms with E-state index in [9.17, 15) is 4.79 Å². The summed E-state index contributed by atoms with van der Waals surface area (Å²) in [6.07, 6.45) is 3.54. The molecule has 1 unspecified atom stereocenters. The number of carbonyl (C=O) groups is 1. The summed E-state index contributed by atoms with van der Waals surface area (Å²) in [6, 6.07) is 0.599.